The van der Waals surface area contributed by atoms with E-state index in [0.717, 1.165) is 0 Å². The van der Waals surface area contributed by atoms with Crippen LogP contribution in [0.4, 0.5) is 0 Å². The molecule has 86 valence electrons. The van der Waals surface area contributed by atoms with E-state index < -0.39 is 18.1 Å². The van der Waals surface area contributed by atoms with Crippen LogP contribution in [0.5, 0.6) is 0 Å². The van der Waals surface area contributed by atoms with E-state index in [1.807, 2.05) is 0 Å². The summed E-state index contributed by atoms with van der Waals surface area (Å²) in [6.07, 6.45) is -0.0127. The molecule has 6 heteroatoms. The minimum atomic E-state index is -0.944. The summed E-state index contributed by atoms with van der Waals surface area (Å²) in [6.45, 7) is 2.28. The molecule has 1 saturated heterocycles. The Labute approximate surface area is 87.9 Å². The zero-order chi connectivity index (χ0) is 11.4. The highest BCUT2D eigenvalue weighted by Crippen LogP contribution is 2.06. The van der Waals surface area contributed by atoms with E-state index in [4.69, 9.17) is 10.2 Å². The first-order valence-corrected chi connectivity index (χ1v) is 4.92. The van der Waals surface area contributed by atoms with Crippen molar-refractivity contribution in [3.8, 4) is 0 Å². The van der Waals surface area contributed by atoms with Crippen molar-refractivity contribution < 1.29 is 19.8 Å². The van der Waals surface area contributed by atoms with Crippen molar-refractivity contribution in [2.24, 2.45) is 0 Å². The van der Waals surface area contributed by atoms with Gasteiger partial charge in [0.2, 0.25) is 5.91 Å². The van der Waals surface area contributed by atoms with Crippen LogP contribution in [0, 0.1) is 0 Å². The summed E-state index contributed by atoms with van der Waals surface area (Å²) in [7, 11) is 0. The van der Waals surface area contributed by atoms with Gasteiger partial charge in [-0.15, -0.1) is 0 Å². The average Bonchev–Trinajstić information content (AvgIpc) is 2.14. The lowest BCUT2D eigenvalue weighted by atomic mass is 10.1. The zero-order valence-electron chi connectivity index (χ0n) is 8.64. The van der Waals surface area contributed by atoms with Gasteiger partial charge in [0, 0.05) is 13.1 Å². The number of aliphatic carboxylic acids is 1. The summed E-state index contributed by atoms with van der Waals surface area (Å²) in [5.41, 5.74) is 0. The number of carbonyl (C=O) groups excluding carboxylic acids is 1. The summed E-state index contributed by atoms with van der Waals surface area (Å²) >= 11 is 0. The Balaban J connectivity index is 2.54. The highest BCUT2D eigenvalue weighted by Gasteiger charge is 2.31. The van der Waals surface area contributed by atoms with Crippen molar-refractivity contribution in [3.05, 3.63) is 0 Å². The van der Waals surface area contributed by atoms with Crippen molar-refractivity contribution >= 4 is 11.9 Å². The maximum Gasteiger partial charge on any atom is 0.322 e. The average molecular weight is 216 g/mol. The molecule has 1 aliphatic rings. The number of hydrogen-bond acceptors (Lipinski definition) is 4. The number of carboxylic acid groups (broad SMARTS) is 1. The Morgan fingerprint density at radius 1 is 1.73 bits per heavy atom. The summed E-state index contributed by atoms with van der Waals surface area (Å²) in [4.78, 5) is 23.5. The van der Waals surface area contributed by atoms with Crippen molar-refractivity contribution in [2.45, 2.75) is 25.5 Å². The highest BCUT2D eigenvalue weighted by atomic mass is 16.4. The Kier molecular flexibility index (Phi) is 4.05. The maximum absolute atomic E-state index is 11.1. The fraction of sp³-hybridized carbons (Fsp3) is 0.778. The van der Waals surface area contributed by atoms with Gasteiger partial charge in [-0.1, -0.05) is 0 Å². The van der Waals surface area contributed by atoms with Crippen LogP contribution >= 0.6 is 0 Å². The first kappa shape index (κ1) is 11.9. The topological polar surface area (TPSA) is 89.9 Å². The van der Waals surface area contributed by atoms with Gasteiger partial charge >= 0.3 is 5.97 Å². The molecule has 2 unspecified atom stereocenters. The van der Waals surface area contributed by atoms with Gasteiger partial charge in [-0.05, 0) is 13.3 Å². The number of aliphatic hydroxyl groups is 1. The molecule has 0 aromatic heterocycles. The van der Waals surface area contributed by atoms with E-state index in [1.165, 1.54) is 0 Å². The van der Waals surface area contributed by atoms with E-state index in [1.54, 1.807) is 11.8 Å². The largest absolute Gasteiger partial charge is 0.480 e. The first-order chi connectivity index (χ1) is 7.00. The Bertz CT molecular complexity index is 254. The molecule has 0 aromatic rings. The lowest BCUT2D eigenvalue weighted by Gasteiger charge is -2.32. The normalized spacial score (nSPS) is 24.7. The molecule has 3 N–H and O–H groups in total. The number of rotatable bonds is 4. The molecule has 1 aliphatic heterocycles. The van der Waals surface area contributed by atoms with Gasteiger partial charge in [-0.3, -0.25) is 14.5 Å². The third-order valence-electron chi connectivity index (χ3n) is 2.40. The smallest absolute Gasteiger partial charge is 0.322 e. The molecule has 0 aliphatic carbocycles. The number of nitrogens with one attached hydrogen (secondary N) is 1. The second kappa shape index (κ2) is 5.09. The van der Waals surface area contributed by atoms with Crippen molar-refractivity contribution in [1.29, 1.82) is 0 Å². The molecule has 1 fully saturated rings. The van der Waals surface area contributed by atoms with Crippen molar-refractivity contribution in [1.82, 2.24) is 10.2 Å². The van der Waals surface area contributed by atoms with Crippen molar-refractivity contribution in [3.63, 3.8) is 0 Å². The molecule has 0 bridgehead atoms. The standard InChI is InChI=1S/C9H16N2O4/c1-6(12)2-3-11-5-8(13)10-4-7(11)9(14)15/h6-7,12H,2-5H2,1H3,(H,10,13)(H,14,15). The minimum Gasteiger partial charge on any atom is -0.480 e. The van der Waals surface area contributed by atoms with Crippen LogP contribution in [0.1, 0.15) is 13.3 Å². The Morgan fingerprint density at radius 2 is 2.40 bits per heavy atom. The lowest BCUT2D eigenvalue weighted by Crippen LogP contribution is -2.57. The SMILES string of the molecule is CC(O)CCN1CC(=O)NCC1C(=O)O. The number of amides is 1. The Hall–Kier alpha value is -1.14. The molecule has 15 heavy (non-hydrogen) atoms. The van der Waals surface area contributed by atoms with E-state index >= 15 is 0 Å². The van der Waals surface area contributed by atoms with Crippen LogP contribution in [0.15, 0.2) is 0 Å². The number of piperazine rings is 1. The van der Waals surface area contributed by atoms with Gasteiger partial charge in [0.25, 0.3) is 0 Å². The monoisotopic (exact) mass is 216 g/mol. The summed E-state index contributed by atoms with van der Waals surface area (Å²) in [5, 5.41) is 20.5. The van der Waals surface area contributed by atoms with Crippen LogP contribution in [-0.2, 0) is 9.59 Å². The summed E-state index contributed by atoms with van der Waals surface area (Å²) in [6, 6.07) is -0.679. The van der Waals surface area contributed by atoms with Crippen molar-refractivity contribution in [2.75, 3.05) is 19.6 Å². The van der Waals surface area contributed by atoms with Crippen LogP contribution in [-0.4, -0.2) is 58.8 Å². The number of aliphatic hydroxyl groups excluding tert-OH is 1. The Morgan fingerprint density at radius 3 is 2.93 bits per heavy atom. The molecule has 0 radical (unpaired) electrons. The quantitative estimate of drug-likeness (QED) is 0.540. The number of hydrogen-bond donors (Lipinski definition) is 3. The van der Waals surface area contributed by atoms with E-state index in [9.17, 15) is 9.59 Å². The molecular weight excluding hydrogens is 200 g/mol. The molecule has 0 spiro atoms. The van der Waals surface area contributed by atoms with Gasteiger partial charge < -0.3 is 15.5 Å². The molecule has 0 aromatic carbocycles. The number of carboxylic acids is 1. The van der Waals surface area contributed by atoms with Crippen LogP contribution in [0.2, 0.25) is 0 Å². The maximum atomic E-state index is 11.1. The third kappa shape index (κ3) is 3.49. The first-order valence-electron chi connectivity index (χ1n) is 4.92. The summed E-state index contributed by atoms with van der Waals surface area (Å²) in [5.74, 6) is -1.11. The zero-order valence-corrected chi connectivity index (χ0v) is 8.64. The molecule has 1 rings (SSSR count). The molecule has 1 heterocycles. The fourth-order valence-corrected chi connectivity index (χ4v) is 1.52. The minimum absolute atomic E-state index is 0.0870. The van der Waals surface area contributed by atoms with E-state index in [0.29, 0.717) is 13.0 Å². The molecule has 6 nitrogen and oxygen atoms in total. The van der Waals surface area contributed by atoms with Gasteiger partial charge in [-0.2, -0.15) is 0 Å². The highest BCUT2D eigenvalue weighted by molar-refractivity contribution is 5.83. The second-order valence-corrected chi connectivity index (χ2v) is 3.77. The van der Waals surface area contributed by atoms with Gasteiger partial charge in [0.15, 0.2) is 0 Å². The van der Waals surface area contributed by atoms with E-state index in [2.05, 4.69) is 5.32 Å². The summed E-state index contributed by atoms with van der Waals surface area (Å²) < 4.78 is 0. The third-order valence-corrected chi connectivity index (χ3v) is 2.40. The second-order valence-electron chi connectivity index (χ2n) is 3.77. The van der Waals surface area contributed by atoms with Gasteiger partial charge in [0.1, 0.15) is 6.04 Å². The predicted octanol–water partition coefficient (Wildman–Crippen LogP) is -1.36. The van der Waals surface area contributed by atoms with Crippen LogP contribution in [0.3, 0.4) is 0 Å². The number of carbonyl (C=O) groups is 2. The predicted molar refractivity (Wildman–Crippen MR) is 52.3 cm³/mol. The van der Waals surface area contributed by atoms with E-state index in [-0.39, 0.29) is 19.0 Å². The molecule has 1 amide bonds. The van der Waals surface area contributed by atoms with Gasteiger partial charge in [0.05, 0.1) is 12.6 Å². The molecule has 2 atom stereocenters. The molecule has 0 saturated carbocycles. The van der Waals surface area contributed by atoms with Crippen LogP contribution < -0.4 is 5.32 Å². The molecular formula is C9H16N2O4. The van der Waals surface area contributed by atoms with Crippen LogP contribution in [0.25, 0.3) is 0 Å². The fourth-order valence-electron chi connectivity index (χ4n) is 1.52. The number of nitrogens with zero attached hydrogens (tertiary/aromatic N) is 1. The lowest BCUT2D eigenvalue weighted by molar-refractivity contribution is -0.146. The van der Waals surface area contributed by atoms with Gasteiger partial charge in [-0.25, -0.2) is 0 Å².